The van der Waals surface area contributed by atoms with E-state index in [0.717, 1.165) is 44.1 Å². The quantitative estimate of drug-likeness (QED) is 0.484. The summed E-state index contributed by atoms with van der Waals surface area (Å²) in [5.74, 6) is 1.36. The first kappa shape index (κ1) is 18.5. The van der Waals surface area contributed by atoms with E-state index in [1.54, 1.807) is 13.3 Å². The number of pyridine rings is 1. The second-order valence-corrected chi connectivity index (χ2v) is 6.03. The number of aliphatic hydroxyl groups is 1. The molecule has 1 aromatic heterocycles. The van der Waals surface area contributed by atoms with Crippen LogP contribution in [-0.4, -0.2) is 56.1 Å². The van der Waals surface area contributed by atoms with Crippen molar-refractivity contribution in [3.05, 3.63) is 23.9 Å². The molecule has 1 aliphatic heterocycles. The monoisotopic (exact) mass is 336 g/mol. The molecule has 0 spiro atoms. The molecular formula is C17H28N4O3. The molecule has 1 atom stereocenters. The molecule has 0 amide bonds. The number of aromatic nitrogens is 1. The Balaban J connectivity index is 1.94. The van der Waals surface area contributed by atoms with Crippen LogP contribution in [-0.2, 0) is 11.3 Å². The Bertz CT molecular complexity index is 513. The van der Waals surface area contributed by atoms with Crippen molar-refractivity contribution in [2.24, 2.45) is 10.4 Å². The number of hydrogen-bond donors (Lipinski definition) is 3. The molecule has 0 radical (unpaired) electrons. The van der Waals surface area contributed by atoms with E-state index in [2.05, 4.69) is 20.6 Å². The van der Waals surface area contributed by atoms with E-state index in [0.29, 0.717) is 19.0 Å². The summed E-state index contributed by atoms with van der Waals surface area (Å²) in [6.07, 6.45) is 3.47. The van der Waals surface area contributed by atoms with Crippen LogP contribution < -0.4 is 15.4 Å². The van der Waals surface area contributed by atoms with Gasteiger partial charge in [-0.25, -0.2) is 9.98 Å². The highest BCUT2D eigenvalue weighted by atomic mass is 16.5. The van der Waals surface area contributed by atoms with E-state index in [1.165, 1.54) is 0 Å². The molecule has 1 fully saturated rings. The number of guanidine groups is 1. The highest BCUT2D eigenvalue weighted by Crippen LogP contribution is 2.31. The van der Waals surface area contributed by atoms with Crippen molar-refractivity contribution < 1.29 is 14.6 Å². The first-order valence-corrected chi connectivity index (χ1v) is 8.41. The minimum atomic E-state index is -0.00733. The zero-order valence-corrected chi connectivity index (χ0v) is 14.5. The smallest absolute Gasteiger partial charge is 0.212 e. The lowest BCUT2D eigenvalue weighted by Gasteiger charge is -2.27. The fourth-order valence-electron chi connectivity index (χ4n) is 2.72. The van der Waals surface area contributed by atoms with Crippen molar-refractivity contribution in [1.29, 1.82) is 0 Å². The average Bonchev–Trinajstić information content (AvgIpc) is 3.07. The van der Waals surface area contributed by atoms with Crippen molar-refractivity contribution in [1.82, 2.24) is 15.6 Å². The number of aliphatic imine (C=N–C) groups is 1. The van der Waals surface area contributed by atoms with Gasteiger partial charge in [0.05, 0.1) is 20.3 Å². The van der Waals surface area contributed by atoms with E-state index in [9.17, 15) is 5.11 Å². The molecule has 1 aromatic rings. The van der Waals surface area contributed by atoms with Crippen LogP contribution >= 0.6 is 0 Å². The number of nitrogens with one attached hydrogen (secondary N) is 2. The summed E-state index contributed by atoms with van der Waals surface area (Å²) < 4.78 is 10.6. The Hall–Kier alpha value is -1.86. The van der Waals surface area contributed by atoms with Gasteiger partial charge in [0.1, 0.15) is 0 Å². The second kappa shape index (κ2) is 9.44. The van der Waals surface area contributed by atoms with Crippen LogP contribution in [0.25, 0.3) is 0 Å². The van der Waals surface area contributed by atoms with Gasteiger partial charge in [-0.2, -0.15) is 0 Å². The van der Waals surface area contributed by atoms with E-state index >= 15 is 0 Å². The first-order valence-electron chi connectivity index (χ1n) is 8.41. The fraction of sp³-hybridized carbons (Fsp3) is 0.647. The van der Waals surface area contributed by atoms with Crippen LogP contribution in [0.2, 0.25) is 0 Å². The molecule has 2 rings (SSSR count). The minimum Gasteiger partial charge on any atom is -0.481 e. The Morgan fingerprint density at radius 1 is 1.46 bits per heavy atom. The van der Waals surface area contributed by atoms with Gasteiger partial charge in [0.25, 0.3) is 0 Å². The third-order valence-corrected chi connectivity index (χ3v) is 4.23. The first-order chi connectivity index (χ1) is 11.7. The van der Waals surface area contributed by atoms with Gasteiger partial charge >= 0.3 is 0 Å². The molecule has 24 heavy (non-hydrogen) atoms. The number of hydrogen-bond acceptors (Lipinski definition) is 5. The average molecular weight is 336 g/mol. The van der Waals surface area contributed by atoms with Crippen LogP contribution in [0.1, 0.15) is 25.3 Å². The number of aliphatic hydroxyl groups excluding tert-OH is 1. The summed E-state index contributed by atoms with van der Waals surface area (Å²) in [5, 5.41) is 15.9. The third kappa shape index (κ3) is 5.35. The van der Waals surface area contributed by atoms with Crippen LogP contribution in [0.3, 0.4) is 0 Å². The maximum absolute atomic E-state index is 9.31. The lowest BCUT2D eigenvalue weighted by atomic mass is 9.84. The molecule has 1 saturated heterocycles. The molecule has 3 N–H and O–H groups in total. The Kier molecular flexibility index (Phi) is 7.27. The van der Waals surface area contributed by atoms with Gasteiger partial charge in [-0.3, -0.25) is 0 Å². The van der Waals surface area contributed by atoms with Gasteiger partial charge in [0, 0.05) is 44.0 Å². The van der Waals surface area contributed by atoms with Gasteiger partial charge in [-0.05, 0) is 25.3 Å². The standard InChI is InChI=1S/C17H28N4O3/c1-3-18-16(20-11-14-4-5-15(23-2)19-10-14)21-12-17(6-8-22)7-9-24-13-17/h4-5,10,22H,3,6-9,11-13H2,1-2H3,(H2,18,20,21). The predicted octanol–water partition coefficient (Wildman–Crippen LogP) is 0.934. The molecule has 0 saturated carbocycles. The van der Waals surface area contributed by atoms with Crippen molar-refractivity contribution in [2.45, 2.75) is 26.3 Å². The summed E-state index contributed by atoms with van der Waals surface area (Å²) >= 11 is 0. The molecule has 7 heteroatoms. The van der Waals surface area contributed by atoms with Gasteiger partial charge in [0.2, 0.25) is 5.88 Å². The molecule has 0 aliphatic carbocycles. The lowest BCUT2D eigenvalue weighted by molar-refractivity contribution is 0.127. The number of methoxy groups -OCH3 is 1. The van der Waals surface area contributed by atoms with Crippen molar-refractivity contribution in [2.75, 3.05) is 40.0 Å². The van der Waals surface area contributed by atoms with Crippen molar-refractivity contribution in [3.8, 4) is 5.88 Å². The highest BCUT2D eigenvalue weighted by molar-refractivity contribution is 5.79. The summed E-state index contributed by atoms with van der Waals surface area (Å²) in [7, 11) is 1.60. The number of nitrogens with zero attached hydrogens (tertiary/aromatic N) is 2. The molecule has 2 heterocycles. The molecule has 1 unspecified atom stereocenters. The summed E-state index contributed by atoms with van der Waals surface area (Å²) in [4.78, 5) is 8.79. The van der Waals surface area contributed by atoms with E-state index in [-0.39, 0.29) is 12.0 Å². The van der Waals surface area contributed by atoms with Crippen molar-refractivity contribution in [3.63, 3.8) is 0 Å². The maximum Gasteiger partial charge on any atom is 0.212 e. The van der Waals surface area contributed by atoms with Gasteiger partial charge in [0.15, 0.2) is 5.96 Å². The zero-order valence-electron chi connectivity index (χ0n) is 14.5. The molecule has 1 aliphatic rings. The zero-order chi connectivity index (χ0) is 17.3. The fourth-order valence-corrected chi connectivity index (χ4v) is 2.72. The maximum atomic E-state index is 9.31. The summed E-state index contributed by atoms with van der Waals surface area (Å²) in [6, 6.07) is 3.79. The second-order valence-electron chi connectivity index (χ2n) is 6.03. The largest absolute Gasteiger partial charge is 0.481 e. The highest BCUT2D eigenvalue weighted by Gasteiger charge is 2.34. The van der Waals surface area contributed by atoms with Gasteiger partial charge in [-0.1, -0.05) is 6.07 Å². The molecule has 0 bridgehead atoms. The van der Waals surface area contributed by atoms with Crippen LogP contribution in [0.4, 0.5) is 0 Å². The molecule has 0 aromatic carbocycles. The van der Waals surface area contributed by atoms with Gasteiger partial charge < -0.3 is 25.2 Å². The Labute approximate surface area is 143 Å². The normalized spacial score (nSPS) is 20.9. The van der Waals surface area contributed by atoms with Crippen LogP contribution in [0.5, 0.6) is 5.88 Å². The molecular weight excluding hydrogens is 308 g/mol. The minimum absolute atomic E-state index is 0.00733. The topological polar surface area (TPSA) is 88.0 Å². The third-order valence-electron chi connectivity index (χ3n) is 4.23. The Morgan fingerprint density at radius 2 is 2.33 bits per heavy atom. The number of rotatable bonds is 8. The predicted molar refractivity (Wildman–Crippen MR) is 93.2 cm³/mol. The lowest BCUT2D eigenvalue weighted by Crippen LogP contribution is -2.44. The number of ether oxygens (including phenoxy) is 2. The van der Waals surface area contributed by atoms with Crippen LogP contribution in [0.15, 0.2) is 23.3 Å². The van der Waals surface area contributed by atoms with Crippen LogP contribution in [0, 0.1) is 5.41 Å². The molecule has 7 nitrogen and oxygen atoms in total. The van der Waals surface area contributed by atoms with E-state index < -0.39 is 0 Å². The molecule has 134 valence electrons. The van der Waals surface area contributed by atoms with Crippen molar-refractivity contribution >= 4 is 5.96 Å². The van der Waals surface area contributed by atoms with Gasteiger partial charge in [-0.15, -0.1) is 0 Å². The summed E-state index contributed by atoms with van der Waals surface area (Å²) in [6.45, 7) is 5.71. The Morgan fingerprint density at radius 3 is 2.92 bits per heavy atom. The summed E-state index contributed by atoms with van der Waals surface area (Å²) in [5.41, 5.74) is 1.01. The van der Waals surface area contributed by atoms with E-state index in [1.807, 2.05) is 19.1 Å². The SMILES string of the molecule is CCNC(=NCc1ccc(OC)nc1)NCC1(CCO)CCOC1. The van der Waals surface area contributed by atoms with E-state index in [4.69, 9.17) is 9.47 Å².